The molecule has 4 N–H and O–H groups in total. The summed E-state index contributed by atoms with van der Waals surface area (Å²) < 4.78 is 0. The highest BCUT2D eigenvalue weighted by atomic mass is 16.4. The van der Waals surface area contributed by atoms with Gasteiger partial charge >= 0.3 is 11.9 Å². The van der Waals surface area contributed by atoms with Crippen molar-refractivity contribution in [1.29, 1.82) is 0 Å². The van der Waals surface area contributed by atoms with Crippen LogP contribution in [0.4, 0.5) is 0 Å². The average Bonchev–Trinajstić information content (AvgIpc) is 3.59. The maximum Gasteiger partial charge on any atom is 0.330 e. The van der Waals surface area contributed by atoms with E-state index in [0.29, 0.717) is 24.8 Å². The van der Waals surface area contributed by atoms with Gasteiger partial charge in [-0.3, -0.25) is 0 Å². The van der Waals surface area contributed by atoms with Crippen LogP contribution in [0.1, 0.15) is 96.8 Å². The molecular weight excluding hydrogens is 382 g/mol. The number of rotatable bonds is 17. The molecule has 0 aromatic rings. The number of unbranched alkanes of at least 4 members (excludes halogenated alkanes) is 10. The molecule has 176 valence electrons. The number of nitrogens with one attached hydrogen (secondary N) is 1. The normalized spacial score (nSPS) is 11.4. The predicted octanol–water partition coefficient (Wildman–Crippen LogP) is 5.32. The van der Waals surface area contributed by atoms with Gasteiger partial charge in [0.2, 0.25) is 0 Å². The largest absolute Gasteiger partial charge is 0.478 e. The lowest BCUT2D eigenvalue weighted by atomic mass is 10.0. The van der Waals surface area contributed by atoms with Gasteiger partial charge in [0.1, 0.15) is 0 Å². The summed E-state index contributed by atoms with van der Waals surface area (Å²) in [5.74, 6) is -1.83. The molecule has 0 radical (unpaired) electrons. The Hall–Kier alpha value is -1.66. The standard InChI is InChI=1S/C16H30O2.C6H10O3.C2H5N/c1-3-4-5-6-7-8-9-10-11-12-13-14-15(2)16(17)18;1-5(6(8)9)3-2-4-7;1-2-3-1/h2-14H2,1H3,(H,17,18);7H,1-4H2,(H,8,9);3H,1-2H2. The van der Waals surface area contributed by atoms with Crippen molar-refractivity contribution in [2.24, 2.45) is 0 Å². The maximum absolute atomic E-state index is 10.5. The number of hydrogen-bond donors (Lipinski definition) is 4. The molecule has 0 amide bonds. The first-order valence-corrected chi connectivity index (χ1v) is 11.5. The molecule has 1 heterocycles. The van der Waals surface area contributed by atoms with E-state index in [-0.39, 0.29) is 12.2 Å². The minimum Gasteiger partial charge on any atom is -0.478 e. The second-order valence-corrected chi connectivity index (χ2v) is 7.68. The fourth-order valence-electron chi connectivity index (χ4n) is 2.51. The van der Waals surface area contributed by atoms with Crippen molar-refractivity contribution in [2.75, 3.05) is 19.7 Å². The molecule has 0 bridgehead atoms. The molecule has 6 heteroatoms. The number of aliphatic carboxylic acids is 2. The van der Waals surface area contributed by atoms with Crippen LogP contribution >= 0.6 is 0 Å². The van der Waals surface area contributed by atoms with Crippen LogP contribution in [0.3, 0.4) is 0 Å². The SMILES string of the molecule is C1CN1.C=C(CCCCCCCCCCCCC)C(=O)O.C=C(CCCO)C(=O)O. The Labute approximate surface area is 183 Å². The van der Waals surface area contributed by atoms with E-state index in [1.54, 1.807) is 0 Å². The number of carboxylic acid groups (broad SMARTS) is 2. The van der Waals surface area contributed by atoms with E-state index in [2.05, 4.69) is 25.4 Å². The van der Waals surface area contributed by atoms with Gasteiger partial charge in [-0.05, 0) is 25.7 Å². The van der Waals surface area contributed by atoms with Crippen molar-refractivity contribution in [3.63, 3.8) is 0 Å². The maximum atomic E-state index is 10.5. The number of carboxylic acids is 2. The summed E-state index contributed by atoms with van der Waals surface area (Å²) in [6, 6.07) is 0. The van der Waals surface area contributed by atoms with E-state index >= 15 is 0 Å². The molecule has 6 nitrogen and oxygen atoms in total. The molecule has 1 aliphatic rings. The Morgan fingerprint density at radius 1 is 0.700 bits per heavy atom. The topological polar surface area (TPSA) is 117 Å². The number of aliphatic hydroxyl groups is 1. The quantitative estimate of drug-likeness (QED) is 0.142. The minimum atomic E-state index is -0.983. The third kappa shape index (κ3) is 28.5. The second-order valence-electron chi connectivity index (χ2n) is 7.68. The van der Waals surface area contributed by atoms with Crippen LogP contribution in [0.2, 0.25) is 0 Å². The summed E-state index contributed by atoms with van der Waals surface area (Å²) in [6.45, 7) is 11.6. The van der Waals surface area contributed by atoms with E-state index in [0.717, 1.165) is 12.8 Å². The molecule has 1 rings (SSSR count). The fourth-order valence-corrected chi connectivity index (χ4v) is 2.51. The molecule has 30 heavy (non-hydrogen) atoms. The summed E-state index contributed by atoms with van der Waals surface area (Å²) in [6.07, 6.45) is 15.7. The van der Waals surface area contributed by atoms with Gasteiger partial charge in [-0.15, -0.1) is 0 Å². The lowest BCUT2D eigenvalue weighted by Crippen LogP contribution is -1.99. The predicted molar refractivity (Wildman–Crippen MR) is 124 cm³/mol. The van der Waals surface area contributed by atoms with E-state index < -0.39 is 11.9 Å². The first-order valence-electron chi connectivity index (χ1n) is 11.5. The van der Waals surface area contributed by atoms with Crippen LogP contribution in [-0.2, 0) is 9.59 Å². The molecule has 0 spiro atoms. The third-order valence-corrected chi connectivity index (χ3v) is 4.57. The van der Waals surface area contributed by atoms with E-state index in [1.165, 1.54) is 70.9 Å². The van der Waals surface area contributed by atoms with Crippen LogP contribution < -0.4 is 5.32 Å². The van der Waals surface area contributed by atoms with Gasteiger partial charge in [-0.25, -0.2) is 9.59 Å². The van der Waals surface area contributed by atoms with Crippen molar-refractivity contribution >= 4 is 11.9 Å². The van der Waals surface area contributed by atoms with Crippen molar-refractivity contribution in [3.8, 4) is 0 Å². The third-order valence-electron chi connectivity index (χ3n) is 4.57. The van der Waals surface area contributed by atoms with Gasteiger partial charge in [-0.1, -0.05) is 84.3 Å². The Morgan fingerprint density at radius 3 is 1.33 bits per heavy atom. The first-order chi connectivity index (χ1) is 14.4. The highest BCUT2D eigenvalue weighted by molar-refractivity contribution is 5.85. The Morgan fingerprint density at radius 2 is 1.03 bits per heavy atom. The van der Waals surface area contributed by atoms with Crippen molar-refractivity contribution in [3.05, 3.63) is 24.3 Å². The lowest BCUT2D eigenvalue weighted by Gasteiger charge is -2.02. The molecule has 0 aromatic carbocycles. The minimum absolute atomic E-state index is 0.0201. The first kappa shape index (κ1) is 30.5. The second kappa shape index (κ2) is 23.6. The molecule has 1 saturated heterocycles. The fraction of sp³-hybridized carbons (Fsp3) is 0.750. The lowest BCUT2D eigenvalue weighted by molar-refractivity contribution is -0.133. The number of hydrogen-bond acceptors (Lipinski definition) is 4. The summed E-state index contributed by atoms with van der Waals surface area (Å²) >= 11 is 0. The Kier molecular flexibility index (Phi) is 24.0. The molecule has 1 aliphatic heterocycles. The molecule has 0 saturated carbocycles. The zero-order chi connectivity index (χ0) is 23.0. The van der Waals surface area contributed by atoms with E-state index in [4.69, 9.17) is 15.3 Å². The summed E-state index contributed by atoms with van der Waals surface area (Å²) in [4.78, 5) is 20.5. The smallest absolute Gasteiger partial charge is 0.330 e. The molecular formula is C24H45NO5. The van der Waals surface area contributed by atoms with Crippen molar-refractivity contribution in [2.45, 2.75) is 96.8 Å². The number of aliphatic hydroxyl groups excluding tert-OH is 1. The molecule has 0 unspecified atom stereocenters. The van der Waals surface area contributed by atoms with Crippen LogP contribution in [0.15, 0.2) is 24.3 Å². The van der Waals surface area contributed by atoms with Crippen LogP contribution in [0.25, 0.3) is 0 Å². The Bertz CT molecular complexity index is 458. The van der Waals surface area contributed by atoms with Gasteiger partial charge in [0.15, 0.2) is 0 Å². The van der Waals surface area contributed by atoms with Crippen molar-refractivity contribution in [1.82, 2.24) is 5.32 Å². The molecule has 0 aliphatic carbocycles. The molecule has 0 aromatic heterocycles. The summed E-state index contributed by atoms with van der Waals surface area (Å²) in [7, 11) is 0. The highest BCUT2D eigenvalue weighted by Crippen LogP contribution is 2.13. The zero-order valence-corrected chi connectivity index (χ0v) is 19.1. The Balaban J connectivity index is 0. The van der Waals surface area contributed by atoms with Crippen LogP contribution in [-0.4, -0.2) is 47.0 Å². The van der Waals surface area contributed by atoms with Crippen molar-refractivity contribution < 1.29 is 24.9 Å². The molecule has 0 atom stereocenters. The van der Waals surface area contributed by atoms with Crippen LogP contribution in [0.5, 0.6) is 0 Å². The number of carbonyl (C=O) groups is 2. The van der Waals surface area contributed by atoms with E-state index in [1.807, 2.05) is 0 Å². The zero-order valence-electron chi connectivity index (χ0n) is 19.1. The molecule has 1 fully saturated rings. The van der Waals surface area contributed by atoms with E-state index in [9.17, 15) is 9.59 Å². The van der Waals surface area contributed by atoms with Gasteiger partial charge < -0.3 is 20.6 Å². The van der Waals surface area contributed by atoms with Gasteiger partial charge in [0.05, 0.1) is 0 Å². The van der Waals surface area contributed by atoms with Gasteiger partial charge in [0, 0.05) is 30.8 Å². The monoisotopic (exact) mass is 427 g/mol. The van der Waals surface area contributed by atoms with Gasteiger partial charge in [-0.2, -0.15) is 0 Å². The summed E-state index contributed by atoms with van der Waals surface area (Å²) in [5, 5.41) is 28.1. The summed E-state index contributed by atoms with van der Waals surface area (Å²) in [5.41, 5.74) is 0.509. The van der Waals surface area contributed by atoms with Crippen LogP contribution in [0, 0.1) is 0 Å². The highest BCUT2D eigenvalue weighted by Gasteiger charge is 2.02. The average molecular weight is 428 g/mol. The van der Waals surface area contributed by atoms with Gasteiger partial charge in [0.25, 0.3) is 0 Å².